The molecule has 0 bridgehead atoms. The monoisotopic (exact) mass is 388 g/mol. The molecular formula is C15H11BrCl2O3. The molecule has 0 unspecified atom stereocenters. The molecular weight excluding hydrogens is 379 g/mol. The van der Waals surface area contributed by atoms with Gasteiger partial charge in [0.05, 0.1) is 19.2 Å². The number of hydrogen-bond donors (Lipinski definition) is 0. The van der Waals surface area contributed by atoms with Gasteiger partial charge in [-0.1, -0.05) is 39.1 Å². The van der Waals surface area contributed by atoms with Crippen LogP contribution in [0.15, 0.2) is 34.8 Å². The van der Waals surface area contributed by atoms with Crippen LogP contribution in [0, 0.1) is 0 Å². The summed E-state index contributed by atoms with van der Waals surface area (Å²) in [4.78, 5) is 12.6. The Morgan fingerprint density at radius 1 is 1.00 bits per heavy atom. The predicted octanol–water partition coefficient (Wildman–Crippen LogP) is 5.00. The first-order chi connectivity index (χ1) is 9.96. The van der Waals surface area contributed by atoms with Crippen molar-refractivity contribution in [2.45, 2.75) is 0 Å². The number of rotatable bonds is 4. The quantitative estimate of drug-likeness (QED) is 0.690. The fraction of sp³-hybridized carbons (Fsp3) is 0.133. The highest BCUT2D eigenvalue weighted by molar-refractivity contribution is 9.10. The van der Waals surface area contributed by atoms with Crippen molar-refractivity contribution in [1.82, 2.24) is 0 Å². The van der Waals surface area contributed by atoms with Crippen LogP contribution in [0.2, 0.25) is 10.0 Å². The van der Waals surface area contributed by atoms with Crippen molar-refractivity contribution in [2.24, 2.45) is 0 Å². The Morgan fingerprint density at radius 2 is 1.62 bits per heavy atom. The van der Waals surface area contributed by atoms with Crippen LogP contribution in [-0.2, 0) is 0 Å². The van der Waals surface area contributed by atoms with Gasteiger partial charge in [0.15, 0.2) is 17.3 Å². The Kier molecular flexibility index (Phi) is 5.14. The van der Waals surface area contributed by atoms with Gasteiger partial charge in [-0.25, -0.2) is 0 Å². The first-order valence-electron chi connectivity index (χ1n) is 5.88. The van der Waals surface area contributed by atoms with E-state index in [1.165, 1.54) is 14.2 Å². The molecule has 0 saturated heterocycles. The molecule has 6 heteroatoms. The van der Waals surface area contributed by atoms with E-state index in [2.05, 4.69) is 15.9 Å². The van der Waals surface area contributed by atoms with E-state index in [9.17, 15) is 4.79 Å². The van der Waals surface area contributed by atoms with E-state index < -0.39 is 0 Å². The highest BCUT2D eigenvalue weighted by Gasteiger charge is 2.18. The number of methoxy groups -OCH3 is 2. The lowest BCUT2D eigenvalue weighted by Gasteiger charge is -2.11. The van der Waals surface area contributed by atoms with Gasteiger partial charge in [0.25, 0.3) is 0 Å². The van der Waals surface area contributed by atoms with Crippen LogP contribution in [0.5, 0.6) is 11.5 Å². The molecule has 0 fully saturated rings. The van der Waals surface area contributed by atoms with Gasteiger partial charge in [-0.15, -0.1) is 0 Å². The number of ether oxygens (including phenoxy) is 2. The minimum Gasteiger partial charge on any atom is -0.493 e. The molecule has 0 amide bonds. The third-order valence-corrected chi connectivity index (χ3v) is 3.83. The average molecular weight is 390 g/mol. The fourth-order valence-electron chi connectivity index (χ4n) is 1.87. The number of carbonyl (C=O) groups is 1. The summed E-state index contributed by atoms with van der Waals surface area (Å²) in [5, 5.41) is 0.748. The summed E-state index contributed by atoms with van der Waals surface area (Å²) in [6, 6.07) is 8.07. The van der Waals surface area contributed by atoms with E-state index in [0.717, 1.165) is 4.47 Å². The zero-order valence-corrected chi connectivity index (χ0v) is 14.3. The molecule has 2 aromatic carbocycles. The van der Waals surface area contributed by atoms with Gasteiger partial charge in [-0.05, 0) is 24.3 Å². The molecule has 110 valence electrons. The Bertz CT molecular complexity index is 681. The fourth-order valence-corrected chi connectivity index (χ4v) is 2.97. The molecule has 0 aliphatic heterocycles. The smallest absolute Gasteiger partial charge is 0.194 e. The maximum atomic E-state index is 12.6. The minimum atomic E-state index is -0.246. The molecule has 0 radical (unpaired) electrons. The first kappa shape index (κ1) is 16.1. The second-order valence-electron chi connectivity index (χ2n) is 4.17. The van der Waals surface area contributed by atoms with Crippen LogP contribution in [-0.4, -0.2) is 20.0 Å². The standard InChI is InChI=1S/C15H11BrCl2O3/c1-20-13-6-11(12(18)7-14(13)21-2)15(19)8-3-9(16)5-10(17)4-8/h3-7H,1-2H3. The maximum absolute atomic E-state index is 12.6. The van der Waals surface area contributed by atoms with Crippen LogP contribution < -0.4 is 9.47 Å². The molecule has 0 aliphatic carbocycles. The van der Waals surface area contributed by atoms with Crippen molar-refractivity contribution in [3.05, 3.63) is 56.0 Å². The second-order valence-corrected chi connectivity index (χ2v) is 5.93. The number of ketones is 1. The van der Waals surface area contributed by atoms with E-state index in [1.807, 2.05) is 0 Å². The van der Waals surface area contributed by atoms with E-state index in [0.29, 0.717) is 27.6 Å². The third kappa shape index (κ3) is 3.51. The zero-order chi connectivity index (χ0) is 15.6. The Morgan fingerprint density at radius 3 is 2.19 bits per heavy atom. The lowest BCUT2D eigenvalue weighted by Crippen LogP contribution is -2.04. The van der Waals surface area contributed by atoms with E-state index >= 15 is 0 Å². The van der Waals surface area contributed by atoms with Crippen molar-refractivity contribution >= 4 is 44.9 Å². The second kappa shape index (κ2) is 6.69. The van der Waals surface area contributed by atoms with Gasteiger partial charge in [0, 0.05) is 26.7 Å². The lowest BCUT2D eigenvalue weighted by molar-refractivity contribution is 0.103. The van der Waals surface area contributed by atoms with Crippen molar-refractivity contribution in [3.63, 3.8) is 0 Å². The van der Waals surface area contributed by atoms with Crippen molar-refractivity contribution in [2.75, 3.05) is 14.2 Å². The molecule has 0 heterocycles. The summed E-state index contributed by atoms with van der Waals surface area (Å²) in [5.74, 6) is 0.654. The van der Waals surface area contributed by atoms with Gasteiger partial charge in [0.2, 0.25) is 0 Å². The first-order valence-corrected chi connectivity index (χ1v) is 7.43. The lowest BCUT2D eigenvalue weighted by atomic mass is 10.0. The molecule has 0 spiro atoms. The van der Waals surface area contributed by atoms with Crippen molar-refractivity contribution in [3.8, 4) is 11.5 Å². The van der Waals surface area contributed by atoms with Gasteiger partial charge >= 0.3 is 0 Å². The van der Waals surface area contributed by atoms with E-state index in [-0.39, 0.29) is 10.8 Å². The molecule has 0 saturated carbocycles. The van der Waals surface area contributed by atoms with Gasteiger partial charge in [-0.3, -0.25) is 4.79 Å². The molecule has 0 aliphatic rings. The van der Waals surface area contributed by atoms with Crippen LogP contribution in [0.1, 0.15) is 15.9 Å². The Labute approximate surface area is 140 Å². The summed E-state index contributed by atoms with van der Waals surface area (Å²) >= 11 is 15.4. The SMILES string of the molecule is COc1cc(Cl)c(C(=O)c2cc(Cl)cc(Br)c2)cc1OC. The highest BCUT2D eigenvalue weighted by Crippen LogP contribution is 2.34. The summed E-state index contributed by atoms with van der Waals surface area (Å²) in [6.45, 7) is 0. The molecule has 2 aromatic rings. The normalized spacial score (nSPS) is 10.3. The largest absolute Gasteiger partial charge is 0.493 e. The molecule has 3 nitrogen and oxygen atoms in total. The van der Waals surface area contributed by atoms with E-state index in [1.54, 1.807) is 30.3 Å². The van der Waals surface area contributed by atoms with Gasteiger partial charge < -0.3 is 9.47 Å². The molecule has 21 heavy (non-hydrogen) atoms. The van der Waals surface area contributed by atoms with Crippen LogP contribution >= 0.6 is 39.1 Å². The van der Waals surface area contributed by atoms with Crippen LogP contribution in [0.4, 0.5) is 0 Å². The number of halogens is 3. The van der Waals surface area contributed by atoms with Gasteiger partial charge in [-0.2, -0.15) is 0 Å². The summed E-state index contributed by atoms with van der Waals surface area (Å²) in [7, 11) is 3.00. The molecule has 2 rings (SSSR count). The van der Waals surface area contributed by atoms with E-state index in [4.69, 9.17) is 32.7 Å². The molecule has 0 aromatic heterocycles. The Hall–Kier alpha value is -1.23. The van der Waals surface area contributed by atoms with Crippen molar-refractivity contribution < 1.29 is 14.3 Å². The average Bonchev–Trinajstić information content (AvgIpc) is 2.45. The predicted molar refractivity (Wildman–Crippen MR) is 87.1 cm³/mol. The Balaban J connectivity index is 2.52. The topological polar surface area (TPSA) is 35.5 Å². The van der Waals surface area contributed by atoms with Crippen LogP contribution in [0.3, 0.4) is 0 Å². The minimum absolute atomic E-state index is 0.246. The zero-order valence-electron chi connectivity index (χ0n) is 11.2. The van der Waals surface area contributed by atoms with Crippen molar-refractivity contribution in [1.29, 1.82) is 0 Å². The maximum Gasteiger partial charge on any atom is 0.194 e. The molecule has 0 atom stereocenters. The third-order valence-electron chi connectivity index (χ3n) is 2.84. The molecule has 0 N–H and O–H groups in total. The highest BCUT2D eigenvalue weighted by atomic mass is 79.9. The summed E-state index contributed by atoms with van der Waals surface area (Å²) in [6.07, 6.45) is 0. The summed E-state index contributed by atoms with van der Waals surface area (Å²) in [5.41, 5.74) is 0.756. The van der Waals surface area contributed by atoms with Gasteiger partial charge in [0.1, 0.15) is 0 Å². The number of benzene rings is 2. The number of hydrogen-bond acceptors (Lipinski definition) is 3. The summed E-state index contributed by atoms with van der Waals surface area (Å²) < 4.78 is 11.1. The number of carbonyl (C=O) groups excluding carboxylic acids is 1. The van der Waals surface area contributed by atoms with Crippen LogP contribution in [0.25, 0.3) is 0 Å².